The first kappa shape index (κ1) is 29.3. The molecule has 41 heavy (non-hydrogen) atoms. The van der Waals surface area contributed by atoms with Gasteiger partial charge in [0.05, 0.1) is 10.3 Å². The van der Waals surface area contributed by atoms with Crippen LogP contribution in [0, 0.1) is 5.92 Å². The summed E-state index contributed by atoms with van der Waals surface area (Å²) in [6, 6.07) is 19.6. The fraction of sp³-hybridized carbons (Fsp3) is 0.364. The molecule has 2 heterocycles. The summed E-state index contributed by atoms with van der Waals surface area (Å²) in [6.07, 6.45) is 5.50. The quantitative estimate of drug-likeness (QED) is 0.199. The van der Waals surface area contributed by atoms with Crippen LogP contribution in [0.3, 0.4) is 0 Å². The third-order valence-electron chi connectivity index (χ3n) is 7.60. The molecule has 1 amide bonds. The van der Waals surface area contributed by atoms with Crippen LogP contribution >= 0.6 is 27.3 Å². The average Bonchev–Trinajstić information content (AvgIpc) is 3.59. The highest BCUT2D eigenvalue weighted by molar-refractivity contribution is 9.11. The standard InChI is InChI=1S/C33H35BrN2O4S/c1-33(2,3)23-9-12-24(13-10-23)40-25-11-8-22-17-29(35-28(27(22)18-25)16-21-6-4-5-7-21)32(39)36(20-31(37)38)19-26-14-15-30(34)41-26/h8-15,17-18,21H,4-7,16,19-20H2,1-3H3,(H,37,38). The van der Waals surface area contributed by atoms with Gasteiger partial charge in [0.2, 0.25) is 0 Å². The predicted molar refractivity (Wildman–Crippen MR) is 167 cm³/mol. The third-order valence-corrected chi connectivity index (χ3v) is 9.21. The van der Waals surface area contributed by atoms with Crippen molar-refractivity contribution < 1.29 is 19.4 Å². The lowest BCUT2D eigenvalue weighted by molar-refractivity contribution is -0.137. The maximum atomic E-state index is 13.7. The lowest BCUT2D eigenvalue weighted by Gasteiger charge is -2.21. The van der Waals surface area contributed by atoms with E-state index >= 15 is 0 Å². The van der Waals surface area contributed by atoms with Gasteiger partial charge in [-0.15, -0.1) is 11.3 Å². The first-order valence-electron chi connectivity index (χ1n) is 14.0. The van der Waals surface area contributed by atoms with Gasteiger partial charge in [-0.2, -0.15) is 0 Å². The Bertz CT molecular complexity index is 1550. The number of thiophene rings is 1. The first-order chi connectivity index (χ1) is 19.5. The summed E-state index contributed by atoms with van der Waals surface area (Å²) < 4.78 is 7.17. The van der Waals surface area contributed by atoms with Crippen molar-refractivity contribution in [2.45, 2.75) is 64.8 Å². The second-order valence-corrected chi connectivity index (χ2v) is 14.4. The Morgan fingerprint density at radius 1 is 1.02 bits per heavy atom. The van der Waals surface area contributed by atoms with Crippen molar-refractivity contribution in [1.82, 2.24) is 9.88 Å². The third kappa shape index (κ3) is 7.35. The van der Waals surface area contributed by atoms with Crippen LogP contribution in [0.1, 0.15) is 73.1 Å². The van der Waals surface area contributed by atoms with Crippen molar-refractivity contribution in [3.8, 4) is 11.5 Å². The number of carboxylic acids is 1. The van der Waals surface area contributed by atoms with Crippen LogP contribution in [0.4, 0.5) is 0 Å². The Morgan fingerprint density at radius 2 is 1.73 bits per heavy atom. The SMILES string of the molecule is CC(C)(C)c1ccc(Oc2ccc3cc(C(=O)N(CC(=O)O)Cc4ccc(Br)s4)nc(CC4CCCC4)c3c2)cc1. The van der Waals surface area contributed by atoms with Crippen molar-refractivity contribution in [3.05, 3.63) is 86.3 Å². The molecular weight excluding hydrogens is 600 g/mol. The zero-order chi connectivity index (χ0) is 29.1. The number of rotatable bonds is 9. The van der Waals surface area contributed by atoms with Gasteiger partial charge < -0.3 is 14.7 Å². The molecule has 0 radical (unpaired) electrons. The Morgan fingerprint density at radius 3 is 2.37 bits per heavy atom. The number of nitrogens with zero attached hydrogens (tertiary/aromatic N) is 2. The van der Waals surface area contributed by atoms with E-state index in [2.05, 4.69) is 48.8 Å². The van der Waals surface area contributed by atoms with Crippen molar-refractivity contribution in [2.24, 2.45) is 5.92 Å². The van der Waals surface area contributed by atoms with Crippen LogP contribution in [0.2, 0.25) is 0 Å². The zero-order valence-electron chi connectivity index (χ0n) is 23.7. The summed E-state index contributed by atoms with van der Waals surface area (Å²) in [7, 11) is 0. The Kier molecular flexibility index (Phi) is 8.80. The van der Waals surface area contributed by atoms with E-state index < -0.39 is 12.5 Å². The average molecular weight is 636 g/mol. The minimum atomic E-state index is -1.06. The van der Waals surface area contributed by atoms with Crippen molar-refractivity contribution in [2.75, 3.05) is 6.54 Å². The second kappa shape index (κ2) is 12.3. The maximum Gasteiger partial charge on any atom is 0.323 e. The van der Waals surface area contributed by atoms with Crippen LogP contribution in [0.5, 0.6) is 11.5 Å². The molecule has 8 heteroatoms. The van der Waals surface area contributed by atoms with E-state index in [0.717, 1.165) is 50.1 Å². The van der Waals surface area contributed by atoms with Gasteiger partial charge in [-0.1, -0.05) is 64.7 Å². The molecule has 1 fully saturated rings. The van der Waals surface area contributed by atoms with E-state index in [0.29, 0.717) is 11.7 Å². The molecule has 0 saturated heterocycles. The largest absolute Gasteiger partial charge is 0.480 e. The van der Waals surface area contributed by atoms with Gasteiger partial charge in [0.25, 0.3) is 5.91 Å². The minimum Gasteiger partial charge on any atom is -0.480 e. The van der Waals surface area contributed by atoms with E-state index in [1.807, 2.05) is 42.5 Å². The molecule has 1 saturated carbocycles. The molecule has 0 spiro atoms. The van der Waals surface area contributed by atoms with Gasteiger partial charge in [0.15, 0.2) is 0 Å². The summed E-state index contributed by atoms with van der Waals surface area (Å²) in [5, 5.41) is 11.4. The predicted octanol–water partition coefficient (Wildman–Crippen LogP) is 8.61. The number of benzene rings is 2. The molecule has 1 N–H and O–H groups in total. The molecule has 1 aliphatic carbocycles. The lowest BCUT2D eigenvalue weighted by Crippen LogP contribution is -2.35. The molecule has 0 atom stereocenters. The number of fused-ring (bicyclic) bond motifs is 1. The van der Waals surface area contributed by atoms with Crippen LogP contribution in [-0.4, -0.2) is 33.4 Å². The van der Waals surface area contributed by atoms with E-state index in [9.17, 15) is 14.7 Å². The van der Waals surface area contributed by atoms with Crippen LogP contribution in [0.25, 0.3) is 10.8 Å². The molecule has 0 aliphatic heterocycles. The van der Waals surface area contributed by atoms with Crippen LogP contribution in [-0.2, 0) is 23.2 Å². The topological polar surface area (TPSA) is 79.7 Å². The van der Waals surface area contributed by atoms with Crippen LogP contribution in [0.15, 0.2) is 64.5 Å². The molecule has 0 bridgehead atoms. The normalized spacial score (nSPS) is 14.0. The van der Waals surface area contributed by atoms with Gasteiger partial charge in [0.1, 0.15) is 23.7 Å². The summed E-state index contributed by atoms with van der Waals surface area (Å²) >= 11 is 4.93. The Hall–Kier alpha value is -3.23. The molecule has 5 rings (SSSR count). The maximum absolute atomic E-state index is 13.7. The van der Waals surface area contributed by atoms with E-state index in [1.54, 1.807) is 6.07 Å². The number of pyridine rings is 1. The van der Waals surface area contributed by atoms with E-state index in [1.165, 1.54) is 34.6 Å². The number of aromatic nitrogens is 1. The molecular formula is C33H35BrN2O4S. The number of carboxylic acid groups (broad SMARTS) is 1. The number of halogens is 1. The van der Waals surface area contributed by atoms with Crippen molar-refractivity contribution in [3.63, 3.8) is 0 Å². The first-order valence-corrected chi connectivity index (χ1v) is 15.6. The van der Waals surface area contributed by atoms with Gasteiger partial charge in [-0.25, -0.2) is 4.98 Å². The van der Waals surface area contributed by atoms with Gasteiger partial charge in [-0.05, 0) is 87.1 Å². The fourth-order valence-electron chi connectivity index (χ4n) is 5.42. The summed E-state index contributed by atoms with van der Waals surface area (Å²) in [6.45, 7) is 6.37. The number of ether oxygens (including phenoxy) is 1. The summed E-state index contributed by atoms with van der Waals surface area (Å²) in [5.74, 6) is 0.553. The van der Waals surface area contributed by atoms with E-state index in [-0.39, 0.29) is 23.6 Å². The number of hydrogen-bond acceptors (Lipinski definition) is 5. The molecule has 1 aliphatic rings. The van der Waals surface area contributed by atoms with Crippen molar-refractivity contribution >= 4 is 49.9 Å². The Balaban J connectivity index is 1.48. The number of aliphatic carboxylic acids is 1. The molecule has 2 aromatic heterocycles. The number of carbonyl (C=O) groups excluding carboxylic acids is 1. The van der Waals surface area contributed by atoms with Gasteiger partial charge in [0, 0.05) is 16.0 Å². The highest BCUT2D eigenvalue weighted by Crippen LogP contribution is 2.34. The van der Waals surface area contributed by atoms with Gasteiger partial charge in [-0.3, -0.25) is 9.59 Å². The minimum absolute atomic E-state index is 0.0676. The number of hydrogen-bond donors (Lipinski definition) is 1. The molecule has 0 unspecified atom stereocenters. The smallest absolute Gasteiger partial charge is 0.323 e. The highest BCUT2D eigenvalue weighted by atomic mass is 79.9. The molecule has 214 valence electrons. The molecule has 6 nitrogen and oxygen atoms in total. The van der Waals surface area contributed by atoms with E-state index in [4.69, 9.17) is 9.72 Å². The second-order valence-electron chi connectivity index (χ2n) is 11.8. The zero-order valence-corrected chi connectivity index (χ0v) is 26.1. The monoisotopic (exact) mass is 634 g/mol. The number of amides is 1. The molecule has 2 aromatic carbocycles. The Labute approximate surface area is 253 Å². The van der Waals surface area contributed by atoms with Crippen LogP contribution < -0.4 is 4.74 Å². The lowest BCUT2D eigenvalue weighted by atomic mass is 9.87. The summed E-state index contributed by atoms with van der Waals surface area (Å²) in [5.41, 5.74) is 2.44. The highest BCUT2D eigenvalue weighted by Gasteiger charge is 2.24. The molecule has 4 aromatic rings. The summed E-state index contributed by atoms with van der Waals surface area (Å²) in [4.78, 5) is 32.5. The van der Waals surface area contributed by atoms with Gasteiger partial charge >= 0.3 is 5.97 Å². The van der Waals surface area contributed by atoms with Crippen molar-refractivity contribution in [1.29, 1.82) is 0 Å². The number of carbonyl (C=O) groups is 2. The fourth-order valence-corrected chi connectivity index (χ4v) is 6.92.